The average molecular weight is 365 g/mol. The summed E-state index contributed by atoms with van der Waals surface area (Å²) >= 11 is 0. The number of ether oxygens (including phenoxy) is 2. The number of hydrogen-bond donors (Lipinski definition) is 1. The van der Waals surface area contributed by atoms with Crippen LogP contribution in [0.5, 0.6) is 11.6 Å². The van der Waals surface area contributed by atoms with Gasteiger partial charge in [-0.15, -0.1) is 5.10 Å². The highest BCUT2D eigenvalue weighted by molar-refractivity contribution is 5.80. The summed E-state index contributed by atoms with van der Waals surface area (Å²) in [6.45, 7) is 0. The molecular weight excluding hydrogens is 350 g/mol. The molecule has 0 saturated carbocycles. The number of non-ortho nitro benzene ring substituents is 1. The zero-order valence-electron chi connectivity index (χ0n) is 14.3. The molecule has 0 radical (unpaired) electrons. The number of carbonyl (C=O) groups is 1. The van der Waals surface area contributed by atoms with Crippen LogP contribution >= 0.6 is 0 Å². The third-order valence-corrected chi connectivity index (χ3v) is 4.54. The van der Waals surface area contributed by atoms with Gasteiger partial charge in [0, 0.05) is 23.6 Å². The molecule has 0 amide bonds. The van der Waals surface area contributed by atoms with Crippen LogP contribution in [0.1, 0.15) is 23.5 Å². The van der Waals surface area contributed by atoms with Crippen molar-refractivity contribution in [1.82, 2.24) is 10.2 Å². The lowest BCUT2D eigenvalue weighted by atomic mass is 9.85. The molecule has 1 aliphatic rings. The number of methoxy groups -OCH3 is 1. The summed E-state index contributed by atoms with van der Waals surface area (Å²) in [5.74, 6) is 0.186. The number of esters is 1. The number of nitrogens with one attached hydrogen (secondary N) is 1. The number of H-pyrrole nitrogens is 1. The van der Waals surface area contributed by atoms with Crippen LogP contribution in [-0.2, 0) is 4.79 Å². The van der Waals surface area contributed by atoms with E-state index in [0.29, 0.717) is 22.6 Å². The molecule has 2 aromatic carbocycles. The molecular formula is C19H15N3O5. The van der Waals surface area contributed by atoms with E-state index in [1.165, 1.54) is 12.1 Å². The van der Waals surface area contributed by atoms with Crippen molar-refractivity contribution in [2.45, 2.75) is 12.3 Å². The first-order valence-corrected chi connectivity index (χ1v) is 8.24. The number of hydrogen-bond acceptors (Lipinski definition) is 6. The number of benzene rings is 2. The summed E-state index contributed by atoms with van der Waals surface area (Å²) < 4.78 is 10.6. The number of fused-ring (bicyclic) bond motifs is 1. The molecule has 4 rings (SSSR count). The third-order valence-electron chi connectivity index (χ3n) is 4.54. The van der Waals surface area contributed by atoms with Gasteiger partial charge in [-0.25, -0.2) is 0 Å². The number of aromatic nitrogens is 2. The molecule has 1 N–H and O–H groups in total. The second kappa shape index (κ2) is 6.56. The standard InChI is InChI=1S/C19H15N3O5/c1-26-14-7-3-4-11(9-14)15-10-16(23)27-19-17(15)18(20-21-19)12-5-2-6-13(8-12)22(24)25/h2-9,15H,10H2,1H3,(H,20,21). The van der Waals surface area contributed by atoms with Crippen LogP contribution in [-0.4, -0.2) is 28.2 Å². The number of carbonyl (C=O) groups excluding carboxylic acids is 1. The topological polar surface area (TPSA) is 107 Å². The Bertz CT molecular complexity index is 1040. The quantitative estimate of drug-likeness (QED) is 0.431. The van der Waals surface area contributed by atoms with Crippen molar-refractivity contribution in [3.8, 4) is 22.9 Å². The van der Waals surface area contributed by atoms with E-state index >= 15 is 0 Å². The Morgan fingerprint density at radius 3 is 2.85 bits per heavy atom. The van der Waals surface area contributed by atoms with Gasteiger partial charge in [-0.3, -0.25) is 20.0 Å². The Morgan fingerprint density at radius 2 is 2.07 bits per heavy atom. The molecule has 3 aromatic rings. The highest BCUT2D eigenvalue weighted by atomic mass is 16.6. The molecule has 136 valence electrons. The molecule has 1 unspecified atom stereocenters. The first kappa shape index (κ1) is 16.8. The lowest BCUT2D eigenvalue weighted by Gasteiger charge is -2.22. The Labute approximate surface area is 153 Å². The Morgan fingerprint density at radius 1 is 1.26 bits per heavy atom. The van der Waals surface area contributed by atoms with E-state index in [-0.39, 0.29) is 29.9 Å². The predicted molar refractivity (Wildman–Crippen MR) is 95.8 cm³/mol. The van der Waals surface area contributed by atoms with Gasteiger partial charge in [0.2, 0.25) is 5.88 Å². The summed E-state index contributed by atoms with van der Waals surface area (Å²) in [6.07, 6.45) is 0.141. The second-order valence-corrected chi connectivity index (χ2v) is 6.13. The molecule has 1 aliphatic heterocycles. The summed E-state index contributed by atoms with van der Waals surface area (Å²) in [7, 11) is 1.58. The summed E-state index contributed by atoms with van der Waals surface area (Å²) in [4.78, 5) is 22.7. The maximum absolute atomic E-state index is 12.1. The molecule has 0 bridgehead atoms. The van der Waals surface area contributed by atoms with Crippen molar-refractivity contribution in [3.05, 3.63) is 69.8 Å². The van der Waals surface area contributed by atoms with Crippen molar-refractivity contribution in [2.24, 2.45) is 0 Å². The van der Waals surface area contributed by atoms with Crippen LogP contribution in [0.15, 0.2) is 48.5 Å². The fourth-order valence-electron chi connectivity index (χ4n) is 3.29. The highest BCUT2D eigenvalue weighted by Gasteiger charge is 2.34. The van der Waals surface area contributed by atoms with E-state index < -0.39 is 4.92 Å². The molecule has 0 fully saturated rings. The minimum Gasteiger partial charge on any atom is -0.497 e. The molecule has 27 heavy (non-hydrogen) atoms. The molecule has 0 aliphatic carbocycles. The second-order valence-electron chi connectivity index (χ2n) is 6.13. The lowest BCUT2D eigenvalue weighted by molar-refractivity contribution is -0.384. The van der Waals surface area contributed by atoms with Crippen LogP contribution in [0.3, 0.4) is 0 Å². The fourth-order valence-corrected chi connectivity index (χ4v) is 3.29. The van der Waals surface area contributed by atoms with Crippen molar-refractivity contribution in [1.29, 1.82) is 0 Å². The number of nitro benzene ring substituents is 1. The maximum Gasteiger partial charge on any atom is 0.313 e. The maximum atomic E-state index is 12.1. The Balaban J connectivity index is 1.85. The molecule has 8 nitrogen and oxygen atoms in total. The van der Waals surface area contributed by atoms with Crippen molar-refractivity contribution < 1.29 is 19.2 Å². The highest BCUT2D eigenvalue weighted by Crippen LogP contribution is 2.43. The van der Waals surface area contributed by atoms with Gasteiger partial charge in [0.25, 0.3) is 5.69 Å². The van der Waals surface area contributed by atoms with E-state index in [2.05, 4.69) is 10.2 Å². The fraction of sp³-hybridized carbons (Fsp3) is 0.158. The van der Waals surface area contributed by atoms with Gasteiger partial charge >= 0.3 is 5.97 Å². The van der Waals surface area contributed by atoms with Crippen LogP contribution < -0.4 is 9.47 Å². The first-order chi connectivity index (χ1) is 13.1. The van der Waals surface area contributed by atoms with E-state index in [1.807, 2.05) is 24.3 Å². The van der Waals surface area contributed by atoms with Gasteiger partial charge in [-0.1, -0.05) is 24.3 Å². The van der Waals surface area contributed by atoms with Crippen LogP contribution in [0.4, 0.5) is 5.69 Å². The smallest absolute Gasteiger partial charge is 0.313 e. The molecule has 0 saturated heterocycles. The molecule has 1 atom stereocenters. The van der Waals surface area contributed by atoms with E-state index in [4.69, 9.17) is 9.47 Å². The van der Waals surface area contributed by atoms with Crippen molar-refractivity contribution in [2.75, 3.05) is 7.11 Å². The SMILES string of the molecule is COc1cccc(C2CC(=O)Oc3n[nH]c(-c4cccc([N+](=O)[O-])c4)c32)c1. The Hall–Kier alpha value is -3.68. The molecule has 2 heterocycles. The largest absolute Gasteiger partial charge is 0.497 e. The van der Waals surface area contributed by atoms with Gasteiger partial charge in [0.05, 0.1) is 29.7 Å². The van der Waals surface area contributed by atoms with Crippen molar-refractivity contribution in [3.63, 3.8) is 0 Å². The summed E-state index contributed by atoms with van der Waals surface area (Å²) in [6, 6.07) is 13.7. The normalized spacial score (nSPS) is 15.7. The average Bonchev–Trinajstić information content (AvgIpc) is 3.11. The van der Waals surface area contributed by atoms with Gasteiger partial charge in [-0.05, 0) is 17.7 Å². The number of nitrogens with zero attached hydrogens (tertiary/aromatic N) is 2. The molecule has 0 spiro atoms. The predicted octanol–water partition coefficient (Wildman–Crippen LogP) is 3.43. The van der Waals surface area contributed by atoms with E-state index in [9.17, 15) is 14.9 Å². The van der Waals surface area contributed by atoms with E-state index in [0.717, 1.165) is 5.56 Å². The lowest BCUT2D eigenvalue weighted by Crippen LogP contribution is -2.20. The van der Waals surface area contributed by atoms with Gasteiger partial charge in [0.15, 0.2) is 0 Å². The van der Waals surface area contributed by atoms with Crippen LogP contribution in [0.2, 0.25) is 0 Å². The number of nitro groups is 1. The Kier molecular flexibility index (Phi) is 4.08. The van der Waals surface area contributed by atoms with Crippen LogP contribution in [0.25, 0.3) is 11.3 Å². The summed E-state index contributed by atoms with van der Waals surface area (Å²) in [5, 5.41) is 18.1. The molecule has 8 heteroatoms. The zero-order chi connectivity index (χ0) is 19.0. The first-order valence-electron chi connectivity index (χ1n) is 8.24. The number of aromatic amines is 1. The minimum atomic E-state index is -0.452. The molecule has 1 aromatic heterocycles. The minimum absolute atomic E-state index is 0.0263. The van der Waals surface area contributed by atoms with Crippen molar-refractivity contribution >= 4 is 11.7 Å². The van der Waals surface area contributed by atoms with Gasteiger partial charge in [-0.2, -0.15) is 0 Å². The monoisotopic (exact) mass is 365 g/mol. The third kappa shape index (κ3) is 3.01. The van der Waals surface area contributed by atoms with Gasteiger partial charge in [0.1, 0.15) is 5.75 Å². The van der Waals surface area contributed by atoms with Gasteiger partial charge < -0.3 is 9.47 Å². The number of rotatable bonds is 4. The van der Waals surface area contributed by atoms with E-state index in [1.54, 1.807) is 19.2 Å². The van der Waals surface area contributed by atoms with Crippen LogP contribution in [0, 0.1) is 10.1 Å². The summed E-state index contributed by atoms with van der Waals surface area (Å²) in [5.41, 5.74) is 2.74. The zero-order valence-corrected chi connectivity index (χ0v) is 14.3.